The Bertz CT molecular complexity index is 448. The fourth-order valence-electron chi connectivity index (χ4n) is 3.29. The van der Waals surface area contributed by atoms with Gasteiger partial charge in [-0.25, -0.2) is 0 Å². The molecular formula is C15H21NO3S. The number of methoxy groups -OCH3 is 1. The average molecular weight is 295 g/mol. The highest BCUT2D eigenvalue weighted by molar-refractivity contribution is 7.07. The number of hydrogen-bond donors (Lipinski definition) is 0. The minimum absolute atomic E-state index is 0.202. The normalized spacial score (nSPS) is 29.4. The Balaban J connectivity index is 1.58. The van der Waals surface area contributed by atoms with Crippen molar-refractivity contribution < 1.29 is 14.3 Å². The Morgan fingerprint density at radius 3 is 3.15 bits per heavy atom. The Kier molecular flexibility index (Phi) is 4.38. The summed E-state index contributed by atoms with van der Waals surface area (Å²) in [6, 6.07) is 2.30. The molecule has 0 bridgehead atoms. The van der Waals surface area contributed by atoms with Gasteiger partial charge in [-0.3, -0.25) is 4.79 Å². The summed E-state index contributed by atoms with van der Waals surface area (Å²) in [7, 11) is 1.71. The molecule has 3 atom stereocenters. The molecule has 2 saturated heterocycles. The lowest BCUT2D eigenvalue weighted by Crippen LogP contribution is -2.46. The third-order valence-corrected chi connectivity index (χ3v) is 4.98. The first-order valence-electron chi connectivity index (χ1n) is 7.23. The third kappa shape index (κ3) is 2.90. The quantitative estimate of drug-likeness (QED) is 0.854. The van der Waals surface area contributed by atoms with Gasteiger partial charge in [0, 0.05) is 13.7 Å². The van der Waals surface area contributed by atoms with Crippen LogP contribution in [0, 0.1) is 0 Å². The van der Waals surface area contributed by atoms with Crippen molar-refractivity contribution in [2.75, 3.05) is 20.3 Å². The van der Waals surface area contributed by atoms with E-state index in [4.69, 9.17) is 9.47 Å². The highest BCUT2D eigenvalue weighted by Crippen LogP contribution is 2.32. The number of ether oxygens (including phenoxy) is 2. The van der Waals surface area contributed by atoms with E-state index in [9.17, 15) is 4.79 Å². The Morgan fingerprint density at radius 2 is 2.40 bits per heavy atom. The van der Waals surface area contributed by atoms with Crippen molar-refractivity contribution >= 4 is 17.2 Å². The highest BCUT2D eigenvalue weighted by Gasteiger charge is 2.41. The number of likely N-dealkylation sites (tertiary alicyclic amines) is 1. The van der Waals surface area contributed by atoms with Crippen LogP contribution < -0.4 is 0 Å². The molecule has 4 nitrogen and oxygen atoms in total. The van der Waals surface area contributed by atoms with Gasteiger partial charge < -0.3 is 14.4 Å². The van der Waals surface area contributed by atoms with Crippen molar-refractivity contribution in [3.63, 3.8) is 0 Å². The van der Waals surface area contributed by atoms with Gasteiger partial charge in [-0.1, -0.05) is 0 Å². The van der Waals surface area contributed by atoms with E-state index in [-0.39, 0.29) is 24.2 Å². The maximum atomic E-state index is 12.4. The van der Waals surface area contributed by atoms with Crippen LogP contribution in [0.2, 0.25) is 0 Å². The van der Waals surface area contributed by atoms with Crippen LogP contribution in [0.5, 0.6) is 0 Å². The molecule has 0 aliphatic carbocycles. The second-order valence-electron chi connectivity index (χ2n) is 5.58. The van der Waals surface area contributed by atoms with Gasteiger partial charge in [-0.2, -0.15) is 11.3 Å². The van der Waals surface area contributed by atoms with Crippen LogP contribution >= 0.6 is 11.3 Å². The Hall–Kier alpha value is -0.910. The number of rotatable bonds is 4. The Labute approximate surface area is 123 Å². The summed E-state index contributed by atoms with van der Waals surface area (Å²) in [5.74, 6) is 0.240. The number of nitrogens with zero attached hydrogens (tertiary/aromatic N) is 1. The highest BCUT2D eigenvalue weighted by atomic mass is 32.1. The number of amides is 1. The van der Waals surface area contributed by atoms with E-state index in [0.717, 1.165) is 31.4 Å². The molecule has 0 radical (unpaired) electrons. The molecule has 2 fully saturated rings. The van der Waals surface area contributed by atoms with Gasteiger partial charge in [-0.05, 0) is 41.7 Å². The van der Waals surface area contributed by atoms with Crippen LogP contribution in [0.3, 0.4) is 0 Å². The molecule has 0 N–H and O–H groups in total. The van der Waals surface area contributed by atoms with Crippen LogP contribution in [-0.2, 0) is 20.7 Å². The summed E-state index contributed by atoms with van der Waals surface area (Å²) in [6.07, 6.45) is 3.91. The molecule has 0 aromatic carbocycles. The van der Waals surface area contributed by atoms with Gasteiger partial charge in [0.15, 0.2) is 0 Å². The first-order chi connectivity index (χ1) is 9.78. The zero-order valence-electron chi connectivity index (χ0n) is 11.8. The van der Waals surface area contributed by atoms with E-state index in [1.807, 2.05) is 16.3 Å². The first kappa shape index (κ1) is 14.0. The lowest BCUT2D eigenvalue weighted by molar-refractivity contribution is -0.137. The molecule has 1 amide bonds. The number of thiophene rings is 1. The molecular weight excluding hydrogens is 274 g/mol. The number of carbonyl (C=O) groups excluding carboxylic acids is 1. The number of fused-ring (bicyclic) bond motifs is 1. The van der Waals surface area contributed by atoms with E-state index < -0.39 is 0 Å². The maximum Gasteiger partial charge on any atom is 0.227 e. The van der Waals surface area contributed by atoms with Crippen LogP contribution in [-0.4, -0.2) is 49.3 Å². The summed E-state index contributed by atoms with van der Waals surface area (Å²) in [5.41, 5.74) is 1.12. The van der Waals surface area contributed by atoms with Crippen molar-refractivity contribution in [2.24, 2.45) is 0 Å². The van der Waals surface area contributed by atoms with E-state index in [2.05, 4.69) is 5.38 Å². The molecule has 0 saturated carbocycles. The molecule has 2 aliphatic heterocycles. The van der Waals surface area contributed by atoms with Gasteiger partial charge >= 0.3 is 0 Å². The zero-order chi connectivity index (χ0) is 13.9. The molecule has 1 aromatic rings. The molecule has 2 aliphatic rings. The van der Waals surface area contributed by atoms with Crippen LogP contribution in [0.1, 0.15) is 24.8 Å². The van der Waals surface area contributed by atoms with Crippen molar-refractivity contribution in [2.45, 2.75) is 43.9 Å². The molecule has 110 valence electrons. The van der Waals surface area contributed by atoms with Gasteiger partial charge in [0.2, 0.25) is 5.91 Å². The van der Waals surface area contributed by atoms with Crippen LogP contribution in [0.4, 0.5) is 0 Å². The average Bonchev–Trinajstić information content (AvgIpc) is 3.07. The fourth-order valence-corrected chi connectivity index (χ4v) is 3.95. The zero-order valence-corrected chi connectivity index (χ0v) is 12.6. The second-order valence-corrected chi connectivity index (χ2v) is 6.36. The van der Waals surface area contributed by atoms with Crippen molar-refractivity contribution in [1.82, 2.24) is 4.90 Å². The predicted octanol–water partition coefficient (Wildman–Crippen LogP) is 2.09. The van der Waals surface area contributed by atoms with Gasteiger partial charge in [-0.15, -0.1) is 0 Å². The molecule has 5 heteroatoms. The largest absolute Gasteiger partial charge is 0.382 e. The van der Waals surface area contributed by atoms with Gasteiger partial charge in [0.05, 0.1) is 31.3 Å². The molecule has 3 rings (SSSR count). The van der Waals surface area contributed by atoms with E-state index in [1.54, 1.807) is 18.4 Å². The van der Waals surface area contributed by atoms with Gasteiger partial charge in [0.1, 0.15) is 0 Å². The first-order valence-corrected chi connectivity index (χ1v) is 8.17. The minimum atomic E-state index is 0.202. The lowest BCUT2D eigenvalue weighted by atomic mass is 9.99. The Morgan fingerprint density at radius 1 is 1.50 bits per heavy atom. The minimum Gasteiger partial charge on any atom is -0.382 e. The maximum absolute atomic E-state index is 12.4. The van der Waals surface area contributed by atoms with Crippen molar-refractivity contribution in [1.29, 1.82) is 0 Å². The van der Waals surface area contributed by atoms with Crippen LogP contribution in [0.15, 0.2) is 16.8 Å². The summed E-state index contributed by atoms with van der Waals surface area (Å²) < 4.78 is 11.2. The number of carbonyl (C=O) groups is 1. The SMILES string of the molecule is COC[C@@H]1CC[C@H]2[C@H](CCN2C(=O)Cc2ccsc2)O1. The van der Waals surface area contributed by atoms with Crippen molar-refractivity contribution in [3.8, 4) is 0 Å². The van der Waals surface area contributed by atoms with E-state index >= 15 is 0 Å². The summed E-state index contributed by atoms with van der Waals surface area (Å²) >= 11 is 1.64. The monoisotopic (exact) mass is 295 g/mol. The summed E-state index contributed by atoms with van der Waals surface area (Å²) in [5, 5.41) is 4.08. The third-order valence-electron chi connectivity index (χ3n) is 4.24. The predicted molar refractivity (Wildman–Crippen MR) is 77.9 cm³/mol. The molecule has 20 heavy (non-hydrogen) atoms. The lowest BCUT2D eigenvalue weighted by Gasteiger charge is -2.35. The molecule has 3 heterocycles. The number of hydrogen-bond acceptors (Lipinski definition) is 4. The van der Waals surface area contributed by atoms with Crippen molar-refractivity contribution in [3.05, 3.63) is 22.4 Å². The molecule has 0 spiro atoms. The molecule has 1 aromatic heterocycles. The van der Waals surface area contributed by atoms with Crippen LogP contribution in [0.25, 0.3) is 0 Å². The van der Waals surface area contributed by atoms with E-state index in [1.165, 1.54) is 0 Å². The smallest absolute Gasteiger partial charge is 0.227 e. The second kappa shape index (κ2) is 6.24. The fraction of sp³-hybridized carbons (Fsp3) is 0.667. The summed E-state index contributed by atoms with van der Waals surface area (Å²) in [4.78, 5) is 14.5. The standard InChI is InChI=1S/C15H21NO3S/c1-18-9-12-2-3-13-14(19-12)4-6-16(13)15(17)8-11-5-7-20-10-11/h5,7,10,12-14H,2-4,6,8-9H2,1H3/t12-,13-,14-/m0/s1. The summed E-state index contributed by atoms with van der Waals surface area (Å²) in [6.45, 7) is 1.49. The van der Waals surface area contributed by atoms with Gasteiger partial charge in [0.25, 0.3) is 0 Å². The van der Waals surface area contributed by atoms with E-state index in [0.29, 0.717) is 13.0 Å². The topological polar surface area (TPSA) is 38.8 Å². The molecule has 0 unspecified atom stereocenters.